The minimum Gasteiger partial charge on any atom is -0.487 e. The highest BCUT2D eigenvalue weighted by atomic mass is 35.5. The SMILES string of the molecule is Cc1cccc(/C=C/C(=O)O)c1OC/C(Cl)=C/Cl. The molecule has 0 amide bonds. The number of carbonyl (C=O) groups is 1. The summed E-state index contributed by atoms with van der Waals surface area (Å²) in [5.41, 5.74) is 2.80. The number of carboxylic acid groups (broad SMARTS) is 1. The van der Waals surface area contributed by atoms with E-state index in [1.54, 1.807) is 6.07 Å². The Morgan fingerprint density at radius 1 is 1.50 bits per heavy atom. The van der Waals surface area contributed by atoms with Crippen LogP contribution in [0, 0.1) is 6.92 Å². The second kappa shape index (κ2) is 7.09. The van der Waals surface area contributed by atoms with Crippen molar-refractivity contribution >= 4 is 35.2 Å². The van der Waals surface area contributed by atoms with Crippen molar-refractivity contribution < 1.29 is 14.6 Å². The number of rotatable bonds is 5. The number of carboxylic acids is 1. The first kappa shape index (κ1) is 14.6. The number of benzene rings is 1. The van der Waals surface area contributed by atoms with E-state index in [1.807, 2.05) is 19.1 Å². The van der Waals surface area contributed by atoms with Crippen LogP contribution in [0.5, 0.6) is 5.75 Å². The van der Waals surface area contributed by atoms with E-state index in [9.17, 15) is 4.79 Å². The average Bonchev–Trinajstić information content (AvgIpc) is 2.34. The van der Waals surface area contributed by atoms with Gasteiger partial charge in [-0.25, -0.2) is 4.79 Å². The number of halogens is 2. The summed E-state index contributed by atoms with van der Waals surface area (Å²) in [4.78, 5) is 10.5. The molecule has 1 N–H and O–H groups in total. The molecule has 0 aromatic heterocycles. The molecule has 1 aromatic rings. The van der Waals surface area contributed by atoms with E-state index < -0.39 is 5.97 Å². The predicted octanol–water partition coefficient (Wildman–Crippen LogP) is 3.79. The summed E-state index contributed by atoms with van der Waals surface area (Å²) >= 11 is 11.2. The molecule has 96 valence electrons. The zero-order valence-electron chi connectivity index (χ0n) is 9.69. The van der Waals surface area contributed by atoms with Gasteiger partial charge in [-0.2, -0.15) is 0 Å². The van der Waals surface area contributed by atoms with E-state index in [1.165, 1.54) is 11.6 Å². The van der Waals surface area contributed by atoms with Crippen LogP contribution in [0.15, 0.2) is 34.8 Å². The number of para-hydroxylation sites is 1. The quantitative estimate of drug-likeness (QED) is 0.838. The predicted molar refractivity (Wildman–Crippen MR) is 73.1 cm³/mol. The minimum atomic E-state index is -1.01. The molecule has 0 spiro atoms. The smallest absolute Gasteiger partial charge is 0.328 e. The van der Waals surface area contributed by atoms with Crippen LogP contribution in [0.4, 0.5) is 0 Å². The van der Waals surface area contributed by atoms with Crippen molar-refractivity contribution in [2.75, 3.05) is 6.61 Å². The highest BCUT2D eigenvalue weighted by Gasteiger charge is 2.05. The first-order valence-corrected chi connectivity index (χ1v) is 5.94. The van der Waals surface area contributed by atoms with E-state index in [0.29, 0.717) is 16.3 Å². The Labute approximate surface area is 115 Å². The molecule has 0 heterocycles. The van der Waals surface area contributed by atoms with Gasteiger partial charge in [0.25, 0.3) is 0 Å². The first-order chi connectivity index (χ1) is 8.54. The number of aryl methyl sites for hydroxylation is 1. The van der Waals surface area contributed by atoms with Crippen molar-refractivity contribution in [2.45, 2.75) is 6.92 Å². The van der Waals surface area contributed by atoms with Gasteiger partial charge in [-0.1, -0.05) is 41.4 Å². The monoisotopic (exact) mass is 286 g/mol. The third-order valence-corrected chi connectivity index (χ3v) is 2.71. The van der Waals surface area contributed by atoms with Crippen LogP contribution in [0.1, 0.15) is 11.1 Å². The summed E-state index contributed by atoms with van der Waals surface area (Å²) in [6.07, 6.45) is 2.53. The van der Waals surface area contributed by atoms with Gasteiger partial charge in [0.1, 0.15) is 12.4 Å². The third kappa shape index (κ3) is 4.43. The fourth-order valence-electron chi connectivity index (χ4n) is 1.34. The van der Waals surface area contributed by atoms with Gasteiger partial charge in [0.15, 0.2) is 0 Å². The van der Waals surface area contributed by atoms with Crippen molar-refractivity contribution in [1.82, 2.24) is 0 Å². The van der Waals surface area contributed by atoms with Crippen LogP contribution in [0.3, 0.4) is 0 Å². The van der Waals surface area contributed by atoms with Crippen LogP contribution in [0.2, 0.25) is 0 Å². The summed E-state index contributed by atoms with van der Waals surface area (Å²) in [6, 6.07) is 5.45. The molecule has 0 atom stereocenters. The third-order valence-electron chi connectivity index (χ3n) is 2.12. The van der Waals surface area contributed by atoms with Gasteiger partial charge in [0, 0.05) is 17.2 Å². The molecule has 1 rings (SSSR count). The Hall–Kier alpha value is -1.45. The maximum atomic E-state index is 10.5. The molecule has 0 unspecified atom stereocenters. The van der Waals surface area contributed by atoms with E-state index in [2.05, 4.69) is 0 Å². The zero-order valence-corrected chi connectivity index (χ0v) is 11.2. The molecule has 3 nitrogen and oxygen atoms in total. The Balaban J connectivity index is 2.97. The fraction of sp³-hybridized carbons (Fsp3) is 0.154. The van der Waals surface area contributed by atoms with Gasteiger partial charge in [0.05, 0.1) is 5.03 Å². The topological polar surface area (TPSA) is 46.5 Å². The summed E-state index contributed by atoms with van der Waals surface area (Å²) < 4.78 is 5.52. The lowest BCUT2D eigenvalue weighted by molar-refractivity contribution is -0.131. The fourth-order valence-corrected chi connectivity index (χ4v) is 1.45. The summed E-state index contributed by atoms with van der Waals surface area (Å²) in [5, 5.41) is 8.98. The van der Waals surface area contributed by atoms with Crippen LogP contribution < -0.4 is 4.74 Å². The lowest BCUT2D eigenvalue weighted by Gasteiger charge is -2.11. The molecule has 1 aromatic carbocycles. The molecule has 0 bridgehead atoms. The van der Waals surface area contributed by atoms with Gasteiger partial charge in [0.2, 0.25) is 0 Å². The van der Waals surface area contributed by atoms with Crippen molar-refractivity contribution in [3.05, 3.63) is 46.0 Å². The minimum absolute atomic E-state index is 0.143. The lowest BCUT2D eigenvalue weighted by atomic mass is 10.1. The summed E-state index contributed by atoms with van der Waals surface area (Å²) in [5.74, 6) is -0.423. The average molecular weight is 287 g/mol. The molecule has 0 saturated heterocycles. The number of hydrogen-bond acceptors (Lipinski definition) is 2. The van der Waals surface area contributed by atoms with E-state index in [4.69, 9.17) is 33.0 Å². The van der Waals surface area contributed by atoms with Gasteiger partial charge in [-0.3, -0.25) is 0 Å². The van der Waals surface area contributed by atoms with Crippen LogP contribution in [0.25, 0.3) is 6.08 Å². The van der Waals surface area contributed by atoms with E-state index in [-0.39, 0.29) is 6.61 Å². The first-order valence-electron chi connectivity index (χ1n) is 5.12. The Kier molecular flexibility index (Phi) is 5.75. The van der Waals surface area contributed by atoms with Crippen molar-refractivity contribution in [3.63, 3.8) is 0 Å². The highest BCUT2D eigenvalue weighted by Crippen LogP contribution is 2.25. The number of hydrogen-bond donors (Lipinski definition) is 1. The molecular formula is C13H12Cl2O3. The van der Waals surface area contributed by atoms with Gasteiger partial charge in [-0.15, -0.1) is 0 Å². The molecule has 0 radical (unpaired) electrons. The second-order valence-corrected chi connectivity index (χ2v) is 4.21. The zero-order chi connectivity index (χ0) is 13.5. The Morgan fingerprint density at radius 3 is 2.83 bits per heavy atom. The van der Waals surface area contributed by atoms with E-state index >= 15 is 0 Å². The van der Waals surface area contributed by atoms with Gasteiger partial charge < -0.3 is 9.84 Å². The summed E-state index contributed by atoms with van der Waals surface area (Å²) in [6.45, 7) is 2.01. The molecule has 18 heavy (non-hydrogen) atoms. The van der Waals surface area contributed by atoms with Crippen molar-refractivity contribution in [2.24, 2.45) is 0 Å². The molecule has 0 aliphatic heterocycles. The maximum absolute atomic E-state index is 10.5. The molecule has 0 aliphatic rings. The lowest BCUT2D eigenvalue weighted by Crippen LogP contribution is -2.00. The molecule has 0 saturated carbocycles. The molecule has 5 heteroatoms. The van der Waals surface area contributed by atoms with E-state index in [0.717, 1.165) is 11.6 Å². The number of aliphatic carboxylic acids is 1. The van der Waals surface area contributed by atoms with Crippen LogP contribution in [-0.4, -0.2) is 17.7 Å². The van der Waals surface area contributed by atoms with Crippen LogP contribution >= 0.6 is 23.2 Å². The van der Waals surface area contributed by atoms with Gasteiger partial charge >= 0.3 is 5.97 Å². The normalized spacial score (nSPS) is 11.8. The number of ether oxygens (including phenoxy) is 1. The van der Waals surface area contributed by atoms with Crippen LogP contribution in [-0.2, 0) is 4.79 Å². The summed E-state index contributed by atoms with van der Waals surface area (Å²) in [7, 11) is 0. The van der Waals surface area contributed by atoms with Crippen molar-refractivity contribution in [3.8, 4) is 5.75 Å². The maximum Gasteiger partial charge on any atom is 0.328 e. The van der Waals surface area contributed by atoms with Gasteiger partial charge in [-0.05, 0) is 18.6 Å². The molecule has 0 aliphatic carbocycles. The Bertz CT molecular complexity index is 493. The van der Waals surface area contributed by atoms with Crippen molar-refractivity contribution in [1.29, 1.82) is 0 Å². The molecule has 0 fully saturated rings. The largest absolute Gasteiger partial charge is 0.487 e. The molecular weight excluding hydrogens is 275 g/mol. The standard InChI is InChI=1S/C13H12Cl2O3/c1-9-3-2-4-10(5-6-12(16)17)13(9)18-8-11(15)7-14/h2-7H,8H2,1H3,(H,16,17)/b6-5+,11-7-. The Morgan fingerprint density at radius 2 is 2.22 bits per heavy atom. The highest BCUT2D eigenvalue weighted by molar-refractivity contribution is 6.36. The second-order valence-electron chi connectivity index (χ2n) is 3.51.